The first-order valence-electron chi connectivity index (χ1n) is 6.02. The predicted octanol–water partition coefficient (Wildman–Crippen LogP) is 0.545. The van der Waals surface area contributed by atoms with Crippen LogP contribution in [0.15, 0.2) is 24.3 Å². The molecule has 0 amide bonds. The Labute approximate surface area is 109 Å². The Morgan fingerprint density at radius 3 is 2.21 bits per heavy atom. The maximum absolute atomic E-state index is 12.0. The highest BCUT2D eigenvalue weighted by molar-refractivity contribution is 5.87. The van der Waals surface area contributed by atoms with Gasteiger partial charge in [0.25, 0.3) is 0 Å². The van der Waals surface area contributed by atoms with Crippen LogP contribution in [0.1, 0.15) is 24.2 Å². The number of aromatic carboxylic acids is 1. The maximum Gasteiger partial charge on any atom is 0.335 e. The van der Waals surface area contributed by atoms with E-state index in [1.165, 1.54) is 24.3 Å². The normalized spacial score (nSPS) is 32.1. The fourth-order valence-corrected chi connectivity index (χ4v) is 2.42. The van der Waals surface area contributed by atoms with Crippen molar-refractivity contribution in [1.82, 2.24) is 10.6 Å². The summed E-state index contributed by atoms with van der Waals surface area (Å²) in [5.74, 6) is -1.31. The molecule has 1 atom stereocenters. The topological polar surface area (TPSA) is 107 Å². The van der Waals surface area contributed by atoms with Gasteiger partial charge in [-0.3, -0.25) is 15.4 Å². The van der Waals surface area contributed by atoms with E-state index in [-0.39, 0.29) is 28.8 Å². The number of rotatable bonds is 4. The molecule has 6 heteroatoms. The van der Waals surface area contributed by atoms with Crippen molar-refractivity contribution in [1.29, 1.82) is 0 Å². The number of carbonyl (C=O) groups is 2. The maximum atomic E-state index is 12.0. The van der Waals surface area contributed by atoms with Gasteiger partial charge in [0.05, 0.1) is 11.5 Å². The minimum absolute atomic E-state index is 0.126. The van der Waals surface area contributed by atoms with Crippen LogP contribution in [0.4, 0.5) is 0 Å². The number of carboxylic acid groups (broad SMARTS) is 1. The highest BCUT2D eigenvalue weighted by atomic mass is 16.5. The lowest BCUT2D eigenvalue weighted by Crippen LogP contribution is -2.37. The second-order valence-electron chi connectivity index (χ2n) is 5.16. The van der Waals surface area contributed by atoms with E-state index >= 15 is 0 Å². The third-order valence-electron chi connectivity index (χ3n) is 3.88. The SMILES string of the molecule is CC(C(=O)Oc1ccc(C(=O)O)cc1)C12NC1(C)N2. The van der Waals surface area contributed by atoms with Crippen LogP contribution in [-0.4, -0.2) is 28.4 Å². The molecule has 6 nitrogen and oxygen atoms in total. The summed E-state index contributed by atoms with van der Waals surface area (Å²) in [5.41, 5.74) is -0.282. The summed E-state index contributed by atoms with van der Waals surface area (Å²) in [6.07, 6.45) is 0. The fourth-order valence-electron chi connectivity index (χ4n) is 2.42. The Morgan fingerprint density at radius 2 is 1.79 bits per heavy atom. The van der Waals surface area contributed by atoms with Crippen LogP contribution < -0.4 is 15.4 Å². The smallest absolute Gasteiger partial charge is 0.335 e. The Kier molecular flexibility index (Phi) is 2.27. The van der Waals surface area contributed by atoms with E-state index in [1.54, 1.807) is 6.92 Å². The number of fused-ring (bicyclic) bond motifs is 1. The summed E-state index contributed by atoms with van der Waals surface area (Å²) in [7, 11) is 0. The number of ether oxygens (including phenoxy) is 1. The van der Waals surface area contributed by atoms with Gasteiger partial charge in [-0.15, -0.1) is 0 Å². The van der Waals surface area contributed by atoms with Crippen molar-refractivity contribution >= 4 is 11.9 Å². The number of benzene rings is 1. The van der Waals surface area contributed by atoms with Gasteiger partial charge in [-0.25, -0.2) is 4.79 Å². The molecule has 1 aromatic rings. The standard InChI is InChI=1S/C13H14N2O4/c1-7(13-12(2,14-13)15-13)11(18)19-9-5-3-8(4-6-9)10(16)17/h3-7,14-15H,1-2H3,(H,16,17). The number of nitrogens with one attached hydrogen (secondary N) is 2. The molecule has 1 unspecified atom stereocenters. The number of esters is 1. The van der Waals surface area contributed by atoms with Gasteiger partial charge in [-0.1, -0.05) is 0 Å². The van der Waals surface area contributed by atoms with Gasteiger partial charge in [-0.05, 0) is 38.1 Å². The molecule has 2 fully saturated rings. The van der Waals surface area contributed by atoms with Gasteiger partial charge in [0.2, 0.25) is 0 Å². The van der Waals surface area contributed by atoms with E-state index in [9.17, 15) is 9.59 Å². The highest BCUT2D eigenvalue weighted by Crippen LogP contribution is 2.54. The van der Waals surface area contributed by atoms with Crippen LogP contribution >= 0.6 is 0 Å². The lowest BCUT2D eigenvalue weighted by Gasteiger charge is -2.12. The molecule has 0 aromatic heterocycles. The van der Waals surface area contributed by atoms with E-state index in [0.717, 1.165) is 0 Å². The zero-order chi connectivity index (χ0) is 13.8. The van der Waals surface area contributed by atoms with Crippen LogP contribution in [0.2, 0.25) is 0 Å². The monoisotopic (exact) mass is 262 g/mol. The second kappa shape index (κ2) is 3.55. The molecule has 3 rings (SSSR count). The van der Waals surface area contributed by atoms with E-state index in [2.05, 4.69) is 10.6 Å². The highest BCUT2D eigenvalue weighted by Gasteiger charge is 2.84. The van der Waals surface area contributed by atoms with E-state index in [1.807, 2.05) is 6.92 Å². The first kappa shape index (κ1) is 12.1. The van der Waals surface area contributed by atoms with Crippen molar-refractivity contribution in [2.24, 2.45) is 5.92 Å². The van der Waals surface area contributed by atoms with Crippen LogP contribution in [0.25, 0.3) is 0 Å². The van der Waals surface area contributed by atoms with Crippen LogP contribution in [0.3, 0.4) is 0 Å². The van der Waals surface area contributed by atoms with Crippen molar-refractivity contribution < 1.29 is 19.4 Å². The molecule has 0 bridgehead atoms. The van der Waals surface area contributed by atoms with E-state index in [4.69, 9.17) is 9.84 Å². The van der Waals surface area contributed by atoms with Crippen molar-refractivity contribution in [2.45, 2.75) is 25.2 Å². The van der Waals surface area contributed by atoms with E-state index in [0.29, 0.717) is 5.75 Å². The molecule has 2 aliphatic heterocycles. The Balaban J connectivity index is 1.65. The van der Waals surface area contributed by atoms with Crippen molar-refractivity contribution in [2.75, 3.05) is 0 Å². The number of hydrogen-bond donors (Lipinski definition) is 3. The molecule has 2 heterocycles. The largest absolute Gasteiger partial charge is 0.478 e. The van der Waals surface area contributed by atoms with Crippen LogP contribution in [0.5, 0.6) is 5.75 Å². The van der Waals surface area contributed by atoms with Gasteiger partial charge < -0.3 is 9.84 Å². The predicted molar refractivity (Wildman–Crippen MR) is 65.6 cm³/mol. The summed E-state index contributed by atoms with van der Waals surface area (Å²) in [5, 5.41) is 15.1. The van der Waals surface area contributed by atoms with Crippen molar-refractivity contribution in [3.05, 3.63) is 29.8 Å². The lowest BCUT2D eigenvalue weighted by molar-refractivity contribution is -0.139. The molecular weight excluding hydrogens is 248 g/mol. The summed E-state index contributed by atoms with van der Waals surface area (Å²) >= 11 is 0. The molecule has 0 spiro atoms. The van der Waals surface area contributed by atoms with Gasteiger partial charge in [0.1, 0.15) is 17.1 Å². The minimum Gasteiger partial charge on any atom is -0.478 e. The number of carboxylic acids is 1. The van der Waals surface area contributed by atoms with Crippen molar-refractivity contribution in [3.63, 3.8) is 0 Å². The van der Waals surface area contributed by atoms with Crippen LogP contribution in [0, 0.1) is 5.92 Å². The summed E-state index contributed by atoms with van der Waals surface area (Å²) in [6.45, 7) is 3.78. The van der Waals surface area contributed by atoms with Gasteiger partial charge >= 0.3 is 11.9 Å². The fraction of sp³-hybridized carbons (Fsp3) is 0.385. The molecule has 3 N–H and O–H groups in total. The average Bonchev–Trinajstić information content (AvgIpc) is 3.14. The van der Waals surface area contributed by atoms with Crippen LogP contribution in [-0.2, 0) is 4.79 Å². The molecule has 2 saturated heterocycles. The second-order valence-corrected chi connectivity index (χ2v) is 5.16. The first-order chi connectivity index (χ1) is 8.88. The third kappa shape index (κ3) is 1.72. The zero-order valence-corrected chi connectivity index (χ0v) is 10.6. The van der Waals surface area contributed by atoms with E-state index < -0.39 is 5.97 Å². The lowest BCUT2D eigenvalue weighted by atomic mass is 10.1. The summed E-state index contributed by atoms with van der Waals surface area (Å²) < 4.78 is 5.24. The zero-order valence-electron chi connectivity index (χ0n) is 10.6. The first-order valence-corrected chi connectivity index (χ1v) is 6.02. The van der Waals surface area contributed by atoms with Gasteiger partial charge in [0, 0.05) is 0 Å². The molecule has 0 radical (unpaired) electrons. The Morgan fingerprint density at radius 1 is 1.26 bits per heavy atom. The minimum atomic E-state index is -1.01. The Hall–Kier alpha value is -1.92. The quantitative estimate of drug-likeness (QED) is 0.415. The molecule has 0 saturated carbocycles. The Bertz CT molecular complexity index is 561. The van der Waals surface area contributed by atoms with Gasteiger partial charge in [-0.2, -0.15) is 0 Å². The average molecular weight is 262 g/mol. The number of carbonyl (C=O) groups excluding carboxylic acids is 1. The summed E-state index contributed by atoms with van der Waals surface area (Å²) in [4.78, 5) is 22.7. The van der Waals surface area contributed by atoms with Gasteiger partial charge in [0.15, 0.2) is 0 Å². The third-order valence-corrected chi connectivity index (χ3v) is 3.88. The molecule has 2 aliphatic rings. The van der Waals surface area contributed by atoms with Crippen molar-refractivity contribution in [3.8, 4) is 5.75 Å². The molecule has 100 valence electrons. The molecular formula is C13H14N2O4. The molecule has 1 aromatic carbocycles. The number of hydrogen-bond acceptors (Lipinski definition) is 5. The summed E-state index contributed by atoms with van der Waals surface area (Å²) in [6, 6.07) is 5.77. The molecule has 19 heavy (non-hydrogen) atoms. The molecule has 0 aliphatic carbocycles.